The van der Waals surface area contributed by atoms with Crippen LogP contribution in [0.3, 0.4) is 0 Å². The number of pyridine rings is 1. The molecule has 0 spiro atoms. The molecule has 0 fully saturated rings. The average molecular weight is 408 g/mol. The summed E-state index contributed by atoms with van der Waals surface area (Å²) in [7, 11) is 0. The van der Waals surface area contributed by atoms with Crippen molar-refractivity contribution in [2.75, 3.05) is 6.54 Å². The zero-order chi connectivity index (χ0) is 21.1. The molecule has 2 N–H and O–H groups in total. The van der Waals surface area contributed by atoms with Crippen LogP contribution in [0.5, 0.6) is 0 Å². The molecular formula is C21H17FN4O4. The zero-order valence-electron chi connectivity index (χ0n) is 15.9. The fraction of sp³-hybridized carbons (Fsp3) is 0.143. The molecule has 0 saturated heterocycles. The summed E-state index contributed by atoms with van der Waals surface area (Å²) < 4.78 is 23.4. The van der Waals surface area contributed by atoms with Crippen LogP contribution in [0.25, 0.3) is 22.7 Å². The Morgan fingerprint density at radius 2 is 2.00 bits per heavy atom. The van der Waals surface area contributed by atoms with Crippen molar-refractivity contribution in [1.82, 2.24) is 20.4 Å². The number of benzene rings is 1. The minimum Gasteiger partial charge on any atom is -0.444 e. The highest BCUT2D eigenvalue weighted by atomic mass is 19.1. The summed E-state index contributed by atoms with van der Waals surface area (Å²) >= 11 is 0. The Hall–Kier alpha value is -3.85. The number of oxazole rings is 1. The van der Waals surface area contributed by atoms with Crippen molar-refractivity contribution in [1.29, 1.82) is 0 Å². The smallest absolute Gasteiger partial charge is 0.252 e. The van der Waals surface area contributed by atoms with Crippen molar-refractivity contribution >= 4 is 5.91 Å². The van der Waals surface area contributed by atoms with Gasteiger partial charge in [-0.1, -0.05) is 5.16 Å². The Kier molecular flexibility index (Phi) is 5.36. The maximum absolute atomic E-state index is 13.0. The summed E-state index contributed by atoms with van der Waals surface area (Å²) in [5.41, 5.74) is 2.35. The van der Waals surface area contributed by atoms with Gasteiger partial charge >= 0.3 is 0 Å². The number of carbonyl (C=O) groups is 1. The van der Waals surface area contributed by atoms with Crippen LogP contribution in [0.15, 0.2) is 64.0 Å². The van der Waals surface area contributed by atoms with Gasteiger partial charge in [-0.25, -0.2) is 9.37 Å². The molecule has 0 aliphatic rings. The Balaban J connectivity index is 1.40. The molecule has 1 aromatic carbocycles. The van der Waals surface area contributed by atoms with Gasteiger partial charge in [-0.3, -0.25) is 9.78 Å². The third-order valence-corrected chi connectivity index (χ3v) is 4.33. The number of aromatic nitrogens is 3. The monoisotopic (exact) mass is 408 g/mol. The van der Waals surface area contributed by atoms with Crippen LogP contribution in [-0.4, -0.2) is 32.7 Å². The van der Waals surface area contributed by atoms with Gasteiger partial charge < -0.3 is 19.4 Å². The van der Waals surface area contributed by atoms with Crippen LogP contribution >= 0.6 is 0 Å². The fourth-order valence-corrected chi connectivity index (χ4v) is 2.77. The molecule has 3 aromatic heterocycles. The van der Waals surface area contributed by atoms with E-state index >= 15 is 0 Å². The largest absolute Gasteiger partial charge is 0.444 e. The highest BCUT2D eigenvalue weighted by Crippen LogP contribution is 2.22. The first kappa shape index (κ1) is 19.5. The van der Waals surface area contributed by atoms with Crippen LogP contribution in [0.1, 0.15) is 27.9 Å². The Morgan fingerprint density at radius 1 is 1.20 bits per heavy atom. The number of aliphatic hydroxyl groups excluding tert-OH is 1. The van der Waals surface area contributed by atoms with Gasteiger partial charge in [0.15, 0.2) is 0 Å². The van der Waals surface area contributed by atoms with E-state index in [-0.39, 0.29) is 23.9 Å². The molecule has 1 atom stereocenters. The summed E-state index contributed by atoms with van der Waals surface area (Å²) in [5, 5.41) is 16.9. The van der Waals surface area contributed by atoms with Crippen molar-refractivity contribution in [2.45, 2.75) is 13.0 Å². The van der Waals surface area contributed by atoms with Gasteiger partial charge in [0.05, 0.1) is 5.56 Å². The SMILES string of the molecule is Cc1cc(-c2cncc(C(=O)NCC(O)c3coc(-c4ccc(F)cc4)n3)c2)no1. The van der Waals surface area contributed by atoms with Crippen LogP contribution in [0, 0.1) is 12.7 Å². The first-order valence-electron chi connectivity index (χ1n) is 9.06. The normalized spacial score (nSPS) is 12.0. The highest BCUT2D eigenvalue weighted by Gasteiger charge is 2.17. The molecule has 0 radical (unpaired) electrons. The lowest BCUT2D eigenvalue weighted by Gasteiger charge is -2.09. The lowest BCUT2D eigenvalue weighted by atomic mass is 10.1. The van der Waals surface area contributed by atoms with Crippen LogP contribution < -0.4 is 5.32 Å². The summed E-state index contributed by atoms with van der Waals surface area (Å²) in [4.78, 5) is 20.7. The molecule has 3 heterocycles. The second kappa shape index (κ2) is 8.26. The minimum atomic E-state index is -1.08. The molecule has 1 unspecified atom stereocenters. The molecule has 30 heavy (non-hydrogen) atoms. The summed E-state index contributed by atoms with van der Waals surface area (Å²) in [6.45, 7) is 1.69. The number of aryl methyl sites for hydroxylation is 1. The Labute approximate surface area is 170 Å². The van der Waals surface area contributed by atoms with Crippen molar-refractivity contribution in [3.63, 3.8) is 0 Å². The molecule has 4 aromatic rings. The Morgan fingerprint density at radius 3 is 2.73 bits per heavy atom. The van der Waals surface area contributed by atoms with E-state index in [1.165, 1.54) is 36.7 Å². The van der Waals surface area contributed by atoms with Crippen LogP contribution in [-0.2, 0) is 0 Å². The highest BCUT2D eigenvalue weighted by molar-refractivity contribution is 5.94. The van der Waals surface area contributed by atoms with Crippen molar-refractivity contribution < 1.29 is 23.2 Å². The van der Waals surface area contributed by atoms with E-state index in [2.05, 4.69) is 20.4 Å². The predicted molar refractivity (Wildman–Crippen MR) is 104 cm³/mol. The molecule has 8 nitrogen and oxygen atoms in total. The number of rotatable bonds is 6. The number of carbonyl (C=O) groups excluding carboxylic acids is 1. The maximum atomic E-state index is 13.0. The van der Waals surface area contributed by atoms with Crippen molar-refractivity contribution in [3.8, 4) is 22.7 Å². The fourth-order valence-electron chi connectivity index (χ4n) is 2.77. The molecule has 9 heteroatoms. The summed E-state index contributed by atoms with van der Waals surface area (Å²) in [6.07, 6.45) is 3.21. The number of aliphatic hydroxyl groups is 1. The van der Waals surface area contributed by atoms with E-state index in [4.69, 9.17) is 8.94 Å². The zero-order valence-corrected chi connectivity index (χ0v) is 15.9. The lowest BCUT2D eigenvalue weighted by Crippen LogP contribution is -2.28. The van der Waals surface area contributed by atoms with Gasteiger partial charge in [0.1, 0.15) is 35.3 Å². The van der Waals surface area contributed by atoms with Gasteiger partial charge in [-0.15, -0.1) is 0 Å². The van der Waals surface area contributed by atoms with Crippen LogP contribution in [0.2, 0.25) is 0 Å². The first-order chi connectivity index (χ1) is 14.5. The van der Waals surface area contributed by atoms with E-state index in [9.17, 15) is 14.3 Å². The van der Waals surface area contributed by atoms with Crippen molar-refractivity contribution in [2.24, 2.45) is 0 Å². The third kappa shape index (κ3) is 4.26. The van der Waals surface area contributed by atoms with Gasteiger partial charge in [0, 0.05) is 36.1 Å². The van der Waals surface area contributed by atoms with E-state index in [1.54, 1.807) is 25.3 Å². The van der Waals surface area contributed by atoms with Gasteiger partial charge in [0.2, 0.25) is 5.89 Å². The minimum absolute atomic E-state index is 0.0818. The van der Waals surface area contributed by atoms with Crippen molar-refractivity contribution in [3.05, 3.63) is 77.9 Å². The van der Waals surface area contributed by atoms with Gasteiger partial charge in [0.25, 0.3) is 5.91 Å². The molecule has 0 bridgehead atoms. The number of nitrogens with one attached hydrogen (secondary N) is 1. The third-order valence-electron chi connectivity index (χ3n) is 4.33. The van der Waals surface area contributed by atoms with E-state index in [1.807, 2.05) is 0 Å². The number of hydrogen-bond donors (Lipinski definition) is 2. The summed E-state index contributed by atoms with van der Waals surface area (Å²) in [6, 6.07) is 9.00. The molecular weight excluding hydrogens is 391 g/mol. The number of hydrogen-bond acceptors (Lipinski definition) is 7. The number of amides is 1. The van der Waals surface area contributed by atoms with E-state index in [0.717, 1.165) is 0 Å². The molecule has 4 rings (SSSR count). The molecule has 152 valence electrons. The topological polar surface area (TPSA) is 114 Å². The predicted octanol–water partition coefficient (Wildman–Crippen LogP) is 3.30. The second-order valence-corrected chi connectivity index (χ2v) is 6.60. The standard InChI is InChI=1S/C21H17FN4O4/c1-12-6-17(26-30-12)14-7-15(9-23-8-14)20(28)24-10-19(27)18-11-29-21(25-18)13-2-4-16(22)5-3-13/h2-9,11,19,27H,10H2,1H3,(H,24,28). The average Bonchev–Trinajstić information content (AvgIpc) is 3.42. The van der Waals surface area contributed by atoms with Gasteiger partial charge in [-0.05, 0) is 37.3 Å². The lowest BCUT2D eigenvalue weighted by molar-refractivity contribution is 0.0913. The molecule has 1 amide bonds. The summed E-state index contributed by atoms with van der Waals surface area (Å²) in [5.74, 6) is 0.113. The number of nitrogens with zero attached hydrogens (tertiary/aromatic N) is 3. The number of halogens is 1. The molecule has 0 saturated carbocycles. The molecule has 0 aliphatic carbocycles. The van der Waals surface area contributed by atoms with E-state index < -0.39 is 12.0 Å². The van der Waals surface area contributed by atoms with E-state index in [0.29, 0.717) is 28.1 Å². The Bertz CT molecular complexity index is 1170. The molecule has 0 aliphatic heterocycles. The maximum Gasteiger partial charge on any atom is 0.252 e. The second-order valence-electron chi connectivity index (χ2n) is 6.60. The van der Waals surface area contributed by atoms with Gasteiger partial charge in [-0.2, -0.15) is 0 Å². The first-order valence-corrected chi connectivity index (χ1v) is 9.06. The van der Waals surface area contributed by atoms with Crippen LogP contribution in [0.4, 0.5) is 4.39 Å². The quantitative estimate of drug-likeness (QED) is 0.503.